The summed E-state index contributed by atoms with van der Waals surface area (Å²) in [7, 11) is 0. The van der Waals surface area contributed by atoms with E-state index in [1.807, 2.05) is 30.5 Å². The maximum atomic E-state index is 12.6. The van der Waals surface area contributed by atoms with Crippen LogP contribution >= 0.6 is 23.5 Å². The molecule has 3 heterocycles. The molecule has 2 atom stereocenters. The van der Waals surface area contributed by atoms with E-state index in [4.69, 9.17) is 9.15 Å². The minimum absolute atomic E-state index is 0.0754. The molecule has 0 aliphatic carbocycles. The second kappa shape index (κ2) is 7.23. The van der Waals surface area contributed by atoms with Crippen molar-refractivity contribution in [1.29, 1.82) is 0 Å². The number of aromatic nitrogens is 2. The zero-order chi connectivity index (χ0) is 15.5. The van der Waals surface area contributed by atoms with Crippen molar-refractivity contribution in [1.82, 2.24) is 15.1 Å². The lowest BCUT2D eigenvalue weighted by molar-refractivity contribution is -0.138. The van der Waals surface area contributed by atoms with Crippen molar-refractivity contribution in [3.05, 3.63) is 11.8 Å². The number of hydrogen-bond acceptors (Lipinski definition) is 7. The maximum absolute atomic E-state index is 12.6. The van der Waals surface area contributed by atoms with Crippen molar-refractivity contribution in [2.24, 2.45) is 0 Å². The quantitative estimate of drug-likeness (QED) is 0.831. The lowest BCUT2D eigenvalue weighted by atomic mass is 10.2. The van der Waals surface area contributed by atoms with Crippen molar-refractivity contribution in [2.75, 3.05) is 37.0 Å². The number of hydrogen-bond donors (Lipinski definition) is 0. The standard InChI is InChI=1S/C14H21N3O3S2/c1-9(2)12-15-16-13(20-12)10-7-17(3-4-19-10)14(18)11-8-21-5-6-22-11/h9-11H,3-8H2,1-2H3/t10-,11+/m1/s1. The molecule has 0 saturated carbocycles. The minimum Gasteiger partial charge on any atom is -0.422 e. The molecule has 1 aromatic rings. The zero-order valence-corrected chi connectivity index (χ0v) is 14.5. The summed E-state index contributed by atoms with van der Waals surface area (Å²) >= 11 is 3.62. The lowest BCUT2D eigenvalue weighted by Gasteiger charge is -2.34. The Hall–Kier alpha value is -0.730. The van der Waals surface area contributed by atoms with Gasteiger partial charge in [-0.1, -0.05) is 13.8 Å². The summed E-state index contributed by atoms with van der Waals surface area (Å²) in [6.45, 7) is 5.67. The monoisotopic (exact) mass is 343 g/mol. The summed E-state index contributed by atoms with van der Waals surface area (Å²) in [6.07, 6.45) is -0.307. The van der Waals surface area contributed by atoms with E-state index in [-0.39, 0.29) is 23.2 Å². The van der Waals surface area contributed by atoms with E-state index in [1.165, 1.54) is 0 Å². The van der Waals surface area contributed by atoms with Gasteiger partial charge in [-0.25, -0.2) is 0 Å². The van der Waals surface area contributed by atoms with Crippen LogP contribution in [0.25, 0.3) is 0 Å². The fourth-order valence-electron chi connectivity index (χ4n) is 2.44. The Morgan fingerprint density at radius 3 is 2.91 bits per heavy atom. The first-order valence-corrected chi connectivity index (χ1v) is 9.78. The first-order chi connectivity index (χ1) is 10.6. The number of amides is 1. The SMILES string of the molecule is CC(C)c1nnc([C@H]2CN(C(=O)[C@@H]3CSCCS3)CCO2)o1. The number of rotatable bonds is 3. The predicted octanol–water partition coefficient (Wildman–Crippen LogP) is 1.94. The van der Waals surface area contributed by atoms with Crippen LogP contribution in [0.2, 0.25) is 0 Å². The molecule has 6 nitrogen and oxygen atoms in total. The van der Waals surface area contributed by atoms with Gasteiger partial charge in [0.1, 0.15) is 0 Å². The highest BCUT2D eigenvalue weighted by Crippen LogP contribution is 2.28. The molecule has 0 N–H and O–H groups in total. The van der Waals surface area contributed by atoms with Gasteiger partial charge in [0.05, 0.1) is 18.4 Å². The molecule has 22 heavy (non-hydrogen) atoms. The second-order valence-electron chi connectivity index (χ2n) is 5.71. The number of ether oxygens (including phenoxy) is 1. The van der Waals surface area contributed by atoms with Gasteiger partial charge in [0.2, 0.25) is 17.7 Å². The van der Waals surface area contributed by atoms with E-state index < -0.39 is 0 Å². The van der Waals surface area contributed by atoms with Crippen LogP contribution in [-0.4, -0.2) is 63.2 Å². The molecule has 0 unspecified atom stereocenters. The van der Waals surface area contributed by atoms with E-state index in [0.29, 0.717) is 31.5 Å². The molecule has 2 aliphatic rings. The Morgan fingerprint density at radius 1 is 1.36 bits per heavy atom. The Labute approximate surface area is 138 Å². The summed E-state index contributed by atoms with van der Waals surface area (Å²) in [5, 5.41) is 8.20. The molecule has 0 bridgehead atoms. The molecule has 8 heteroatoms. The van der Waals surface area contributed by atoms with Crippen LogP contribution in [0.3, 0.4) is 0 Å². The fraction of sp³-hybridized carbons (Fsp3) is 0.786. The highest BCUT2D eigenvalue weighted by Gasteiger charge is 2.33. The summed E-state index contributed by atoms with van der Waals surface area (Å²) in [5.41, 5.74) is 0. The first kappa shape index (κ1) is 16.1. The van der Waals surface area contributed by atoms with Crippen LogP contribution in [0.5, 0.6) is 0 Å². The van der Waals surface area contributed by atoms with Crippen molar-refractivity contribution in [3.63, 3.8) is 0 Å². The molecule has 0 spiro atoms. The van der Waals surface area contributed by atoms with Gasteiger partial charge in [0, 0.05) is 29.7 Å². The van der Waals surface area contributed by atoms with Crippen LogP contribution < -0.4 is 0 Å². The number of morpholine rings is 1. The largest absolute Gasteiger partial charge is 0.422 e. The average Bonchev–Trinajstić information content (AvgIpc) is 3.05. The highest BCUT2D eigenvalue weighted by atomic mass is 32.2. The van der Waals surface area contributed by atoms with Crippen LogP contribution in [0.4, 0.5) is 0 Å². The van der Waals surface area contributed by atoms with Crippen LogP contribution in [0.1, 0.15) is 37.7 Å². The van der Waals surface area contributed by atoms with E-state index in [0.717, 1.165) is 17.3 Å². The van der Waals surface area contributed by atoms with Gasteiger partial charge in [0.25, 0.3) is 0 Å². The van der Waals surface area contributed by atoms with Crippen LogP contribution in [0.15, 0.2) is 4.42 Å². The Morgan fingerprint density at radius 2 is 2.23 bits per heavy atom. The summed E-state index contributed by atoms with van der Waals surface area (Å²) in [4.78, 5) is 14.5. The minimum atomic E-state index is -0.307. The van der Waals surface area contributed by atoms with Crippen LogP contribution in [0, 0.1) is 0 Å². The lowest BCUT2D eigenvalue weighted by Crippen LogP contribution is -2.47. The van der Waals surface area contributed by atoms with Crippen molar-refractivity contribution >= 4 is 29.4 Å². The summed E-state index contributed by atoms with van der Waals surface area (Å²) in [5.74, 6) is 4.60. The molecular formula is C14H21N3O3S2. The molecular weight excluding hydrogens is 322 g/mol. The smallest absolute Gasteiger partial charge is 0.247 e. The van der Waals surface area contributed by atoms with Crippen molar-refractivity contribution in [3.8, 4) is 0 Å². The van der Waals surface area contributed by atoms with Gasteiger partial charge < -0.3 is 14.1 Å². The predicted molar refractivity (Wildman–Crippen MR) is 87.2 cm³/mol. The van der Waals surface area contributed by atoms with Gasteiger partial charge in [0.15, 0.2) is 6.10 Å². The molecule has 2 aliphatic heterocycles. The number of nitrogens with zero attached hydrogens (tertiary/aromatic N) is 3. The molecule has 2 fully saturated rings. The van der Waals surface area contributed by atoms with Gasteiger partial charge in [-0.3, -0.25) is 4.79 Å². The maximum Gasteiger partial charge on any atom is 0.247 e. The normalized spacial score (nSPS) is 26.4. The first-order valence-electron chi connectivity index (χ1n) is 7.58. The van der Waals surface area contributed by atoms with Gasteiger partial charge >= 0.3 is 0 Å². The second-order valence-corrected chi connectivity index (χ2v) is 8.17. The number of thioether (sulfide) groups is 2. The Bertz CT molecular complexity index is 517. The highest BCUT2D eigenvalue weighted by molar-refractivity contribution is 8.07. The Balaban J connectivity index is 1.64. The number of carbonyl (C=O) groups is 1. The zero-order valence-electron chi connectivity index (χ0n) is 12.9. The molecule has 1 aromatic heterocycles. The molecule has 2 saturated heterocycles. The molecule has 3 rings (SSSR count). The van der Waals surface area contributed by atoms with E-state index in [2.05, 4.69) is 10.2 Å². The van der Waals surface area contributed by atoms with Gasteiger partial charge in [-0.15, -0.1) is 22.0 Å². The third-order valence-corrected chi connectivity index (χ3v) is 6.44. The summed E-state index contributed by atoms with van der Waals surface area (Å²) in [6, 6.07) is 0. The van der Waals surface area contributed by atoms with Gasteiger partial charge in [-0.05, 0) is 0 Å². The van der Waals surface area contributed by atoms with Crippen molar-refractivity contribution < 1.29 is 13.9 Å². The Kier molecular flexibility index (Phi) is 5.30. The topological polar surface area (TPSA) is 68.5 Å². The third kappa shape index (κ3) is 3.60. The average molecular weight is 343 g/mol. The van der Waals surface area contributed by atoms with Crippen LogP contribution in [-0.2, 0) is 9.53 Å². The van der Waals surface area contributed by atoms with E-state index >= 15 is 0 Å². The molecule has 122 valence electrons. The van der Waals surface area contributed by atoms with E-state index in [9.17, 15) is 4.79 Å². The molecule has 1 amide bonds. The molecule has 0 aromatic carbocycles. The summed E-state index contributed by atoms with van der Waals surface area (Å²) < 4.78 is 11.4. The third-order valence-electron chi connectivity index (χ3n) is 3.70. The fourth-order valence-corrected chi connectivity index (χ4v) is 5.07. The molecule has 0 radical (unpaired) electrons. The van der Waals surface area contributed by atoms with E-state index in [1.54, 1.807) is 11.8 Å². The van der Waals surface area contributed by atoms with Gasteiger partial charge in [-0.2, -0.15) is 11.8 Å². The number of carbonyl (C=O) groups excluding carboxylic acids is 1. The van der Waals surface area contributed by atoms with Crippen molar-refractivity contribution in [2.45, 2.75) is 31.1 Å².